The zero-order valence-electron chi connectivity index (χ0n) is 12.5. The highest BCUT2D eigenvalue weighted by molar-refractivity contribution is 7.91. The van der Waals surface area contributed by atoms with Gasteiger partial charge in [0, 0.05) is 26.2 Å². The third-order valence-corrected chi connectivity index (χ3v) is 5.08. The lowest BCUT2D eigenvalue weighted by molar-refractivity contribution is -0.117. The molecular formula is C12H21N5O3S. The normalized spacial score (nSPS) is 19.7. The standard InChI is InChI=1S/C12H21N5O3S/c1-10(18)14-21(19,20)17(12-7-13-16(3)8-12)9-11-5-4-6-15(11)2/h7-8,11H,4-6,9H2,1-3H3,(H,14,18)/t11-/m0/s1. The van der Waals surface area contributed by atoms with E-state index in [0.717, 1.165) is 19.4 Å². The maximum atomic E-state index is 12.4. The van der Waals surface area contributed by atoms with E-state index in [1.165, 1.54) is 22.1 Å². The van der Waals surface area contributed by atoms with Crippen LogP contribution in [0.4, 0.5) is 5.69 Å². The number of aromatic nitrogens is 2. The summed E-state index contributed by atoms with van der Waals surface area (Å²) in [6, 6.07) is 0.133. The Bertz CT molecular complexity index is 612. The monoisotopic (exact) mass is 315 g/mol. The minimum atomic E-state index is -3.92. The van der Waals surface area contributed by atoms with Crippen molar-refractivity contribution >= 4 is 21.8 Å². The molecule has 1 aromatic heterocycles. The minimum absolute atomic E-state index is 0.133. The average Bonchev–Trinajstić information content (AvgIpc) is 2.93. The molecule has 0 saturated carbocycles. The summed E-state index contributed by atoms with van der Waals surface area (Å²) >= 11 is 0. The van der Waals surface area contributed by atoms with E-state index in [2.05, 4.69) is 10.00 Å². The van der Waals surface area contributed by atoms with Crippen LogP contribution in [0.15, 0.2) is 12.4 Å². The van der Waals surface area contributed by atoms with Gasteiger partial charge in [0.15, 0.2) is 0 Å². The molecule has 0 aliphatic carbocycles. The summed E-state index contributed by atoms with van der Waals surface area (Å²) in [5.74, 6) is -0.608. The van der Waals surface area contributed by atoms with Crippen LogP contribution < -0.4 is 9.03 Å². The molecule has 1 N–H and O–H groups in total. The number of carbonyl (C=O) groups is 1. The van der Waals surface area contributed by atoms with Gasteiger partial charge in [-0.1, -0.05) is 0 Å². The Labute approximate surface area is 124 Å². The van der Waals surface area contributed by atoms with Crippen molar-refractivity contribution in [3.05, 3.63) is 12.4 Å². The zero-order chi connectivity index (χ0) is 15.6. The van der Waals surface area contributed by atoms with Gasteiger partial charge in [-0.2, -0.15) is 13.5 Å². The summed E-state index contributed by atoms with van der Waals surface area (Å²) < 4.78 is 29.5. The van der Waals surface area contributed by atoms with Crippen LogP contribution in [0.1, 0.15) is 19.8 Å². The first-order valence-corrected chi connectivity index (χ1v) is 8.23. The van der Waals surface area contributed by atoms with Gasteiger partial charge in [0.1, 0.15) is 0 Å². The first-order valence-electron chi connectivity index (χ1n) is 6.79. The summed E-state index contributed by atoms with van der Waals surface area (Å²) in [5.41, 5.74) is 0.451. The molecule has 0 aromatic carbocycles. The number of nitrogens with one attached hydrogen (secondary N) is 1. The topological polar surface area (TPSA) is 87.5 Å². The molecule has 21 heavy (non-hydrogen) atoms. The smallest absolute Gasteiger partial charge is 0.302 e. The molecule has 1 atom stereocenters. The molecule has 1 aliphatic heterocycles. The number of amides is 1. The maximum absolute atomic E-state index is 12.4. The van der Waals surface area contributed by atoms with Crippen molar-refractivity contribution in [3.63, 3.8) is 0 Å². The summed E-state index contributed by atoms with van der Waals surface area (Å²) in [6.07, 6.45) is 5.08. The fourth-order valence-electron chi connectivity index (χ4n) is 2.52. The van der Waals surface area contributed by atoms with Crippen molar-refractivity contribution in [1.29, 1.82) is 0 Å². The SMILES string of the molecule is CC(=O)NS(=O)(=O)N(C[C@@H]1CCCN1C)c1cnn(C)c1. The molecular weight excluding hydrogens is 294 g/mol. The molecule has 1 aromatic rings. The van der Waals surface area contributed by atoms with Crippen LogP contribution in [0.2, 0.25) is 0 Å². The number of nitrogens with zero attached hydrogens (tertiary/aromatic N) is 4. The van der Waals surface area contributed by atoms with Crippen LogP contribution in [0, 0.1) is 0 Å². The molecule has 1 amide bonds. The quantitative estimate of drug-likeness (QED) is 0.806. The van der Waals surface area contributed by atoms with Crippen molar-refractivity contribution in [3.8, 4) is 0 Å². The second-order valence-corrected chi connectivity index (χ2v) is 6.94. The van der Waals surface area contributed by atoms with Crippen molar-refractivity contribution in [2.24, 2.45) is 7.05 Å². The molecule has 0 radical (unpaired) electrons. The van der Waals surface area contributed by atoms with E-state index in [-0.39, 0.29) is 6.04 Å². The van der Waals surface area contributed by atoms with Crippen LogP contribution in [0.5, 0.6) is 0 Å². The Balaban J connectivity index is 2.28. The first kappa shape index (κ1) is 15.8. The highest BCUT2D eigenvalue weighted by Gasteiger charge is 2.31. The Morgan fingerprint density at radius 3 is 2.71 bits per heavy atom. The molecule has 1 saturated heterocycles. The lowest BCUT2D eigenvalue weighted by atomic mass is 10.2. The van der Waals surface area contributed by atoms with E-state index in [4.69, 9.17) is 0 Å². The average molecular weight is 315 g/mol. The Morgan fingerprint density at radius 2 is 2.24 bits per heavy atom. The van der Waals surface area contributed by atoms with E-state index in [0.29, 0.717) is 12.2 Å². The summed E-state index contributed by atoms with van der Waals surface area (Å²) in [4.78, 5) is 13.3. The molecule has 0 spiro atoms. The van der Waals surface area contributed by atoms with Gasteiger partial charge in [-0.25, -0.2) is 9.03 Å². The summed E-state index contributed by atoms with van der Waals surface area (Å²) in [5, 5.41) is 4.01. The molecule has 0 unspecified atom stereocenters. The van der Waals surface area contributed by atoms with Crippen LogP contribution in [-0.2, 0) is 22.1 Å². The van der Waals surface area contributed by atoms with Crippen LogP contribution in [0.25, 0.3) is 0 Å². The fraction of sp³-hybridized carbons (Fsp3) is 0.667. The van der Waals surface area contributed by atoms with Gasteiger partial charge in [-0.05, 0) is 26.4 Å². The second-order valence-electron chi connectivity index (χ2n) is 5.34. The molecule has 1 fully saturated rings. The Hall–Kier alpha value is -1.61. The Morgan fingerprint density at radius 1 is 1.52 bits per heavy atom. The van der Waals surface area contributed by atoms with E-state index < -0.39 is 16.1 Å². The number of likely N-dealkylation sites (tertiary alicyclic amines) is 1. The number of likely N-dealkylation sites (N-methyl/N-ethyl adjacent to an activating group) is 1. The third-order valence-electron chi connectivity index (χ3n) is 3.59. The van der Waals surface area contributed by atoms with E-state index in [1.54, 1.807) is 13.2 Å². The lowest BCUT2D eigenvalue weighted by Gasteiger charge is -2.28. The molecule has 2 rings (SSSR count). The molecule has 9 heteroatoms. The van der Waals surface area contributed by atoms with E-state index in [9.17, 15) is 13.2 Å². The molecule has 2 heterocycles. The number of carbonyl (C=O) groups excluding carboxylic acids is 1. The number of anilines is 1. The first-order chi connectivity index (χ1) is 9.79. The van der Waals surface area contributed by atoms with Crippen LogP contribution in [-0.4, -0.2) is 55.2 Å². The van der Waals surface area contributed by atoms with Gasteiger partial charge in [0.2, 0.25) is 5.91 Å². The van der Waals surface area contributed by atoms with E-state index in [1.807, 2.05) is 11.8 Å². The highest BCUT2D eigenvalue weighted by atomic mass is 32.2. The van der Waals surface area contributed by atoms with E-state index >= 15 is 0 Å². The number of aryl methyl sites for hydroxylation is 1. The number of hydrogen-bond donors (Lipinski definition) is 1. The minimum Gasteiger partial charge on any atom is -0.302 e. The van der Waals surface area contributed by atoms with Crippen molar-refractivity contribution in [2.75, 3.05) is 24.4 Å². The predicted octanol–water partition coefficient (Wildman–Crippen LogP) is -0.298. The van der Waals surface area contributed by atoms with Crippen molar-refractivity contribution in [2.45, 2.75) is 25.8 Å². The van der Waals surface area contributed by atoms with Crippen LogP contribution >= 0.6 is 0 Å². The second kappa shape index (κ2) is 6.02. The van der Waals surface area contributed by atoms with Gasteiger partial charge in [0.25, 0.3) is 0 Å². The highest BCUT2D eigenvalue weighted by Crippen LogP contribution is 2.22. The predicted molar refractivity (Wildman–Crippen MR) is 78.9 cm³/mol. The lowest BCUT2D eigenvalue weighted by Crippen LogP contribution is -2.48. The van der Waals surface area contributed by atoms with Crippen molar-refractivity contribution < 1.29 is 13.2 Å². The van der Waals surface area contributed by atoms with Gasteiger partial charge in [-0.15, -0.1) is 0 Å². The fourth-order valence-corrected chi connectivity index (χ4v) is 3.73. The van der Waals surface area contributed by atoms with Gasteiger partial charge in [0.05, 0.1) is 18.4 Å². The molecule has 1 aliphatic rings. The molecule has 8 nitrogen and oxygen atoms in total. The van der Waals surface area contributed by atoms with Crippen molar-refractivity contribution in [1.82, 2.24) is 19.4 Å². The van der Waals surface area contributed by atoms with Crippen LogP contribution in [0.3, 0.4) is 0 Å². The number of hydrogen-bond acceptors (Lipinski definition) is 5. The Kier molecular flexibility index (Phi) is 4.52. The summed E-state index contributed by atoms with van der Waals surface area (Å²) in [7, 11) is -0.225. The zero-order valence-corrected chi connectivity index (χ0v) is 13.3. The van der Waals surface area contributed by atoms with Gasteiger partial charge >= 0.3 is 10.2 Å². The largest absolute Gasteiger partial charge is 0.326 e. The maximum Gasteiger partial charge on any atom is 0.326 e. The molecule has 0 bridgehead atoms. The van der Waals surface area contributed by atoms with Gasteiger partial charge < -0.3 is 4.90 Å². The number of rotatable bonds is 5. The molecule has 118 valence electrons. The van der Waals surface area contributed by atoms with Gasteiger partial charge in [-0.3, -0.25) is 9.48 Å². The summed E-state index contributed by atoms with van der Waals surface area (Å²) in [6.45, 7) is 2.43. The third kappa shape index (κ3) is 3.73.